The zero-order valence-corrected chi connectivity index (χ0v) is 9.11. The van der Waals surface area contributed by atoms with Crippen LogP contribution in [0.2, 0.25) is 0 Å². The van der Waals surface area contributed by atoms with Crippen LogP contribution in [0.4, 0.5) is 0 Å². The first-order valence-electron chi connectivity index (χ1n) is 4.50. The summed E-state index contributed by atoms with van der Waals surface area (Å²) in [6, 6.07) is 6.18. The molecule has 2 aromatic rings. The van der Waals surface area contributed by atoms with E-state index < -0.39 is 9.84 Å². The Morgan fingerprint density at radius 3 is 2.75 bits per heavy atom. The van der Waals surface area contributed by atoms with E-state index in [1.807, 2.05) is 0 Å². The number of pyridine rings is 1. The van der Waals surface area contributed by atoms with Gasteiger partial charge in [0.15, 0.2) is 5.03 Å². The van der Waals surface area contributed by atoms with E-state index >= 15 is 0 Å². The summed E-state index contributed by atoms with van der Waals surface area (Å²) >= 11 is 0. The lowest BCUT2D eigenvalue weighted by Crippen LogP contribution is -1.99. The number of benzene rings is 1. The topological polar surface area (TPSA) is 67.3 Å². The fraction of sp³-hybridized carbons (Fsp3) is 0. The van der Waals surface area contributed by atoms with Crippen LogP contribution in [-0.4, -0.2) is 18.5 Å². The second-order valence-corrected chi connectivity index (χ2v) is 5.04. The number of hydrogen-bond donors (Lipinski definition) is 1. The minimum Gasteiger partial charge on any atom is -0.508 e. The van der Waals surface area contributed by atoms with Crippen LogP contribution in [0.15, 0.2) is 47.5 Å². The summed E-state index contributed by atoms with van der Waals surface area (Å²) in [5.41, 5.74) is 0. The van der Waals surface area contributed by atoms with Gasteiger partial charge in [-0.15, -0.1) is 0 Å². The van der Waals surface area contributed by atoms with Crippen LogP contribution in [0, 0.1) is 0 Å². The van der Waals surface area contributed by atoms with Gasteiger partial charge < -0.3 is 5.11 Å². The van der Waals surface area contributed by atoms with Gasteiger partial charge in [-0.2, -0.15) is 0 Å². The van der Waals surface area contributed by atoms with Gasteiger partial charge in [-0.3, -0.25) is 0 Å². The first kappa shape index (κ1) is 10.6. The number of fused-ring (bicyclic) bond motifs is 1. The molecule has 0 fully saturated rings. The standard InChI is InChI=1S/C11H9NO3S/c1-2-16(14,15)11-10-7-9(13)4-3-8(10)5-6-12-11/h2-7,13H,1H2. The van der Waals surface area contributed by atoms with Crippen molar-refractivity contribution in [3.63, 3.8) is 0 Å². The first-order valence-corrected chi connectivity index (χ1v) is 6.04. The fourth-order valence-electron chi connectivity index (χ4n) is 1.44. The number of nitrogens with zero attached hydrogens (tertiary/aromatic N) is 1. The molecule has 0 spiro atoms. The lowest BCUT2D eigenvalue weighted by molar-refractivity contribution is 0.476. The Hall–Kier alpha value is -1.88. The maximum atomic E-state index is 11.7. The molecule has 0 radical (unpaired) electrons. The number of aromatic nitrogens is 1. The summed E-state index contributed by atoms with van der Waals surface area (Å²) in [5, 5.41) is 11.2. The van der Waals surface area contributed by atoms with Crippen LogP contribution < -0.4 is 0 Å². The van der Waals surface area contributed by atoms with Gasteiger partial charge in [0, 0.05) is 17.0 Å². The van der Waals surface area contributed by atoms with Gasteiger partial charge in [0.2, 0.25) is 9.84 Å². The van der Waals surface area contributed by atoms with E-state index in [2.05, 4.69) is 11.6 Å². The van der Waals surface area contributed by atoms with Gasteiger partial charge in [0.05, 0.1) is 0 Å². The predicted molar refractivity (Wildman–Crippen MR) is 60.8 cm³/mol. The third kappa shape index (κ3) is 1.65. The number of hydrogen-bond acceptors (Lipinski definition) is 4. The largest absolute Gasteiger partial charge is 0.508 e. The Balaban J connectivity index is 2.90. The Labute approximate surface area is 92.8 Å². The number of rotatable bonds is 2. The highest BCUT2D eigenvalue weighted by molar-refractivity contribution is 7.94. The summed E-state index contributed by atoms with van der Waals surface area (Å²) in [7, 11) is -3.60. The van der Waals surface area contributed by atoms with Crippen LogP contribution in [-0.2, 0) is 9.84 Å². The fourth-order valence-corrected chi connectivity index (χ4v) is 2.28. The van der Waals surface area contributed by atoms with Crippen molar-refractivity contribution in [1.29, 1.82) is 0 Å². The van der Waals surface area contributed by atoms with Crippen molar-refractivity contribution < 1.29 is 13.5 Å². The van der Waals surface area contributed by atoms with Gasteiger partial charge in [0.1, 0.15) is 5.75 Å². The number of sulfone groups is 1. The lowest BCUT2D eigenvalue weighted by atomic mass is 10.2. The van der Waals surface area contributed by atoms with E-state index in [4.69, 9.17) is 0 Å². The van der Waals surface area contributed by atoms with Crippen molar-refractivity contribution in [3.05, 3.63) is 42.4 Å². The molecule has 0 amide bonds. The molecule has 0 saturated heterocycles. The molecule has 0 saturated carbocycles. The van der Waals surface area contributed by atoms with Crippen molar-refractivity contribution in [3.8, 4) is 5.75 Å². The molecule has 1 aromatic carbocycles. The van der Waals surface area contributed by atoms with Crippen LogP contribution in [0.3, 0.4) is 0 Å². The summed E-state index contributed by atoms with van der Waals surface area (Å²) in [6.45, 7) is 3.25. The summed E-state index contributed by atoms with van der Waals surface area (Å²) in [5.74, 6) is 0.000937. The molecule has 1 aromatic heterocycles. The molecule has 82 valence electrons. The van der Waals surface area contributed by atoms with Crippen LogP contribution >= 0.6 is 0 Å². The molecule has 0 aliphatic rings. The van der Waals surface area contributed by atoms with Crippen molar-refractivity contribution in [2.75, 3.05) is 0 Å². The van der Waals surface area contributed by atoms with Crippen LogP contribution in [0.5, 0.6) is 5.75 Å². The van der Waals surface area contributed by atoms with Crippen molar-refractivity contribution in [1.82, 2.24) is 4.98 Å². The molecule has 0 aliphatic carbocycles. The van der Waals surface area contributed by atoms with E-state index in [0.29, 0.717) is 10.8 Å². The Morgan fingerprint density at radius 2 is 2.06 bits per heavy atom. The van der Waals surface area contributed by atoms with E-state index in [9.17, 15) is 13.5 Å². The molecule has 0 unspecified atom stereocenters. The average Bonchev–Trinajstić information content (AvgIpc) is 2.28. The van der Waals surface area contributed by atoms with Crippen LogP contribution in [0.25, 0.3) is 10.8 Å². The number of aromatic hydroxyl groups is 1. The monoisotopic (exact) mass is 235 g/mol. The number of phenolic OH excluding ortho intramolecular Hbond substituents is 1. The highest BCUT2D eigenvalue weighted by Gasteiger charge is 2.15. The zero-order chi connectivity index (χ0) is 11.8. The molecule has 16 heavy (non-hydrogen) atoms. The van der Waals surface area contributed by atoms with Gasteiger partial charge in [0.25, 0.3) is 0 Å². The Bertz CT molecular complexity index is 662. The van der Waals surface area contributed by atoms with Gasteiger partial charge in [-0.05, 0) is 23.6 Å². The van der Waals surface area contributed by atoms with Gasteiger partial charge in [-0.25, -0.2) is 13.4 Å². The zero-order valence-electron chi connectivity index (χ0n) is 8.29. The third-order valence-electron chi connectivity index (χ3n) is 2.20. The highest BCUT2D eigenvalue weighted by atomic mass is 32.2. The Kier molecular flexibility index (Phi) is 2.40. The van der Waals surface area contributed by atoms with Gasteiger partial charge in [-0.1, -0.05) is 12.6 Å². The molecule has 1 N–H and O–H groups in total. The predicted octanol–water partition coefficient (Wildman–Crippen LogP) is 1.86. The van der Waals surface area contributed by atoms with E-state index in [0.717, 1.165) is 5.41 Å². The minimum atomic E-state index is -3.60. The lowest BCUT2D eigenvalue weighted by Gasteiger charge is -2.03. The molecule has 5 heteroatoms. The molecular formula is C11H9NO3S. The molecule has 0 atom stereocenters. The Morgan fingerprint density at radius 1 is 1.31 bits per heavy atom. The second-order valence-electron chi connectivity index (χ2n) is 3.23. The molecule has 0 aliphatic heterocycles. The normalized spacial score (nSPS) is 11.5. The maximum absolute atomic E-state index is 11.7. The number of phenols is 1. The minimum absolute atomic E-state index is 0.000937. The first-order chi connectivity index (χ1) is 7.54. The van der Waals surface area contributed by atoms with Crippen molar-refractivity contribution in [2.24, 2.45) is 0 Å². The quantitative estimate of drug-likeness (QED) is 0.862. The van der Waals surface area contributed by atoms with Gasteiger partial charge >= 0.3 is 0 Å². The highest BCUT2D eigenvalue weighted by Crippen LogP contribution is 2.25. The molecule has 2 rings (SSSR count). The summed E-state index contributed by atoms with van der Waals surface area (Å²) in [4.78, 5) is 3.82. The molecule has 1 heterocycles. The third-order valence-corrected chi connectivity index (χ3v) is 3.51. The van der Waals surface area contributed by atoms with Crippen molar-refractivity contribution in [2.45, 2.75) is 5.03 Å². The smallest absolute Gasteiger partial charge is 0.217 e. The molecule has 4 nitrogen and oxygen atoms in total. The molecular weight excluding hydrogens is 226 g/mol. The maximum Gasteiger partial charge on any atom is 0.217 e. The molecule has 0 bridgehead atoms. The SMILES string of the molecule is C=CS(=O)(=O)c1nccc2ccc(O)cc12. The van der Waals surface area contributed by atoms with E-state index in [1.165, 1.54) is 18.3 Å². The van der Waals surface area contributed by atoms with Crippen LogP contribution in [0.1, 0.15) is 0 Å². The second kappa shape index (κ2) is 3.61. The summed E-state index contributed by atoms with van der Waals surface area (Å²) in [6.07, 6.45) is 1.41. The van der Waals surface area contributed by atoms with E-state index in [1.54, 1.807) is 12.1 Å². The average molecular weight is 235 g/mol. The van der Waals surface area contributed by atoms with E-state index in [-0.39, 0.29) is 10.8 Å². The van der Waals surface area contributed by atoms with Crippen molar-refractivity contribution >= 4 is 20.6 Å². The summed E-state index contributed by atoms with van der Waals surface area (Å²) < 4.78 is 23.3.